The van der Waals surface area contributed by atoms with Gasteiger partial charge in [0.1, 0.15) is 5.56 Å². The first kappa shape index (κ1) is 20.1. The summed E-state index contributed by atoms with van der Waals surface area (Å²) in [5, 5.41) is 15.0. The minimum Gasteiger partial charge on any atom is -0.493 e. The maximum Gasteiger partial charge on any atom is 0.335 e. The maximum atomic E-state index is 13.0. The molecule has 2 aromatic rings. The highest BCUT2D eigenvalue weighted by atomic mass is 35.5. The van der Waals surface area contributed by atoms with Gasteiger partial charge in [-0.15, -0.1) is 0 Å². The fourth-order valence-corrected chi connectivity index (χ4v) is 6.27. The predicted octanol–water partition coefficient (Wildman–Crippen LogP) is 2.55. The molecule has 9 heteroatoms. The molecule has 0 spiro atoms. The van der Waals surface area contributed by atoms with E-state index in [2.05, 4.69) is 15.5 Å². The number of hydrazone groups is 1. The first-order chi connectivity index (χ1) is 14.8. The summed E-state index contributed by atoms with van der Waals surface area (Å²) in [5.74, 6) is 1.18. The number of carbonyl (C=O) groups is 1. The number of benzene rings is 1. The molecule has 4 saturated carbocycles. The molecule has 1 amide bonds. The van der Waals surface area contributed by atoms with Gasteiger partial charge in [0, 0.05) is 5.02 Å². The Morgan fingerprint density at radius 1 is 1.13 bits per heavy atom. The smallest absolute Gasteiger partial charge is 0.335 e. The third kappa shape index (κ3) is 3.48. The van der Waals surface area contributed by atoms with Crippen molar-refractivity contribution in [2.45, 2.75) is 38.5 Å². The van der Waals surface area contributed by atoms with E-state index in [0.29, 0.717) is 28.5 Å². The molecule has 4 aliphatic carbocycles. The van der Waals surface area contributed by atoms with Gasteiger partial charge in [-0.05, 0) is 80.5 Å². The minimum atomic E-state index is -0.792. The molecule has 1 heterocycles. The van der Waals surface area contributed by atoms with Gasteiger partial charge in [0.15, 0.2) is 0 Å². The molecule has 0 saturated heterocycles. The normalized spacial score (nSPS) is 28.9. The predicted molar refractivity (Wildman–Crippen MR) is 116 cm³/mol. The van der Waals surface area contributed by atoms with Crippen LogP contribution in [0, 0.1) is 23.2 Å². The summed E-state index contributed by atoms with van der Waals surface area (Å²) in [7, 11) is 0. The van der Waals surface area contributed by atoms with Crippen molar-refractivity contribution in [2.24, 2.45) is 28.3 Å². The van der Waals surface area contributed by atoms with Crippen LogP contribution in [0.2, 0.25) is 5.02 Å². The van der Waals surface area contributed by atoms with Gasteiger partial charge in [-0.25, -0.2) is 14.8 Å². The number of nitrogens with one attached hydrogen (secondary N) is 2. The van der Waals surface area contributed by atoms with Crippen LogP contribution in [0.4, 0.5) is 0 Å². The second kappa shape index (κ2) is 7.37. The van der Waals surface area contributed by atoms with Gasteiger partial charge in [-0.2, -0.15) is 5.10 Å². The molecule has 0 atom stereocenters. The molecule has 3 N–H and O–H groups in total. The number of nitrogens with zero attached hydrogens (tertiary/aromatic N) is 2. The van der Waals surface area contributed by atoms with Crippen LogP contribution in [-0.2, 0) is 4.79 Å². The Hall–Kier alpha value is -2.87. The van der Waals surface area contributed by atoms with Gasteiger partial charge in [0.05, 0.1) is 17.3 Å². The molecule has 1 aromatic carbocycles. The molecule has 4 fully saturated rings. The van der Waals surface area contributed by atoms with E-state index < -0.39 is 17.1 Å². The van der Waals surface area contributed by atoms with Crippen LogP contribution in [0.25, 0.3) is 5.69 Å². The molecular weight excluding hydrogens is 420 g/mol. The molecule has 0 unspecified atom stereocenters. The van der Waals surface area contributed by atoms with Crippen LogP contribution >= 0.6 is 11.6 Å². The Morgan fingerprint density at radius 2 is 1.71 bits per heavy atom. The summed E-state index contributed by atoms with van der Waals surface area (Å²) in [6.45, 7) is 0. The van der Waals surface area contributed by atoms with Crippen molar-refractivity contribution in [3.63, 3.8) is 0 Å². The standard InChI is InChI=1S/C22H23ClN4O4/c23-15-1-3-16(4-2-15)27-19(29)17(18(28)25-21(27)31)11-24-26-20(30)22-8-12-5-13(9-22)7-14(6-12)10-22/h1-4,11-14,29H,5-10H2,(H,26,30)(H,25,28,31). The van der Waals surface area contributed by atoms with Crippen molar-refractivity contribution in [1.82, 2.24) is 15.0 Å². The van der Waals surface area contributed by atoms with Crippen LogP contribution < -0.4 is 16.7 Å². The lowest BCUT2D eigenvalue weighted by molar-refractivity contribution is -0.146. The molecule has 4 bridgehead atoms. The van der Waals surface area contributed by atoms with E-state index in [-0.39, 0.29) is 16.9 Å². The highest BCUT2D eigenvalue weighted by Crippen LogP contribution is 2.60. The van der Waals surface area contributed by atoms with Gasteiger partial charge in [-0.3, -0.25) is 14.6 Å². The monoisotopic (exact) mass is 442 g/mol. The van der Waals surface area contributed by atoms with Crippen LogP contribution in [-0.4, -0.2) is 26.8 Å². The number of aromatic amines is 1. The van der Waals surface area contributed by atoms with Crippen molar-refractivity contribution >= 4 is 23.7 Å². The van der Waals surface area contributed by atoms with E-state index in [0.717, 1.165) is 30.0 Å². The topological polar surface area (TPSA) is 117 Å². The van der Waals surface area contributed by atoms with Crippen molar-refractivity contribution in [1.29, 1.82) is 0 Å². The number of rotatable bonds is 4. The maximum absolute atomic E-state index is 13.0. The van der Waals surface area contributed by atoms with E-state index in [1.165, 1.54) is 31.4 Å². The molecule has 162 valence electrons. The summed E-state index contributed by atoms with van der Waals surface area (Å²) < 4.78 is 0.944. The molecular formula is C22H23ClN4O4. The van der Waals surface area contributed by atoms with E-state index in [1.807, 2.05) is 0 Å². The second-order valence-electron chi connectivity index (χ2n) is 9.21. The Balaban J connectivity index is 1.39. The minimum absolute atomic E-state index is 0.121. The number of aromatic nitrogens is 2. The Morgan fingerprint density at radius 3 is 2.29 bits per heavy atom. The quantitative estimate of drug-likeness (QED) is 0.498. The highest BCUT2D eigenvalue weighted by Gasteiger charge is 2.54. The summed E-state index contributed by atoms with van der Waals surface area (Å²) in [6, 6.07) is 6.20. The number of halogens is 1. The first-order valence-corrected chi connectivity index (χ1v) is 10.9. The number of aromatic hydroxyl groups is 1. The van der Waals surface area contributed by atoms with Crippen molar-refractivity contribution in [3.8, 4) is 11.6 Å². The number of H-pyrrole nitrogens is 1. The van der Waals surface area contributed by atoms with Gasteiger partial charge in [0.2, 0.25) is 11.8 Å². The second-order valence-corrected chi connectivity index (χ2v) is 9.64. The highest BCUT2D eigenvalue weighted by molar-refractivity contribution is 6.30. The molecule has 8 nitrogen and oxygen atoms in total. The van der Waals surface area contributed by atoms with Crippen LogP contribution in [0.3, 0.4) is 0 Å². The zero-order valence-corrected chi connectivity index (χ0v) is 17.6. The fraction of sp³-hybridized carbons (Fsp3) is 0.455. The van der Waals surface area contributed by atoms with E-state index in [1.54, 1.807) is 12.1 Å². The lowest BCUT2D eigenvalue weighted by Crippen LogP contribution is -2.52. The average molecular weight is 443 g/mol. The number of hydrogen-bond donors (Lipinski definition) is 3. The third-order valence-corrected chi connectivity index (χ3v) is 7.34. The summed E-state index contributed by atoms with van der Waals surface area (Å²) in [4.78, 5) is 39.6. The number of amides is 1. The van der Waals surface area contributed by atoms with Crippen LogP contribution in [0.1, 0.15) is 44.1 Å². The van der Waals surface area contributed by atoms with Gasteiger partial charge < -0.3 is 5.11 Å². The molecule has 31 heavy (non-hydrogen) atoms. The summed E-state index contributed by atoms with van der Waals surface area (Å²) in [6.07, 6.45) is 7.45. The number of carbonyl (C=O) groups excluding carboxylic acids is 1. The first-order valence-electron chi connectivity index (χ1n) is 10.5. The summed E-state index contributed by atoms with van der Waals surface area (Å²) >= 11 is 5.88. The van der Waals surface area contributed by atoms with Crippen molar-refractivity contribution < 1.29 is 9.90 Å². The zero-order chi connectivity index (χ0) is 21.8. The third-order valence-electron chi connectivity index (χ3n) is 7.09. The van der Waals surface area contributed by atoms with E-state index >= 15 is 0 Å². The molecule has 6 rings (SSSR count). The Labute approximate surface area is 182 Å². The molecule has 1 aromatic heterocycles. The number of hydrogen-bond acceptors (Lipinski definition) is 5. The van der Waals surface area contributed by atoms with Crippen LogP contribution in [0.5, 0.6) is 5.88 Å². The van der Waals surface area contributed by atoms with Crippen LogP contribution in [0.15, 0.2) is 39.0 Å². The van der Waals surface area contributed by atoms with Gasteiger partial charge in [-0.1, -0.05) is 11.6 Å². The molecule has 0 radical (unpaired) electrons. The lowest BCUT2D eigenvalue weighted by Gasteiger charge is -2.55. The fourth-order valence-electron chi connectivity index (χ4n) is 6.15. The lowest BCUT2D eigenvalue weighted by atomic mass is 9.49. The molecule has 0 aliphatic heterocycles. The van der Waals surface area contributed by atoms with Gasteiger partial charge in [0.25, 0.3) is 5.56 Å². The Bertz CT molecular complexity index is 1150. The zero-order valence-electron chi connectivity index (χ0n) is 16.8. The largest absolute Gasteiger partial charge is 0.493 e. The van der Waals surface area contributed by atoms with Crippen molar-refractivity contribution in [2.75, 3.05) is 0 Å². The van der Waals surface area contributed by atoms with Gasteiger partial charge >= 0.3 is 5.69 Å². The van der Waals surface area contributed by atoms with Crippen molar-refractivity contribution in [3.05, 3.63) is 55.7 Å². The molecule has 4 aliphatic rings. The van der Waals surface area contributed by atoms with E-state index in [4.69, 9.17) is 11.6 Å². The Kier molecular flexibility index (Phi) is 4.77. The average Bonchev–Trinajstić information content (AvgIpc) is 2.70. The van der Waals surface area contributed by atoms with E-state index in [9.17, 15) is 19.5 Å². The SMILES string of the molecule is O=C(NN=Cc1c(O)n(-c2ccc(Cl)cc2)c(=O)[nH]c1=O)C12CC3CC(CC(C3)C1)C2. The summed E-state index contributed by atoms with van der Waals surface area (Å²) in [5.41, 5.74) is 0.737.